The maximum atomic E-state index is 12.3. The summed E-state index contributed by atoms with van der Waals surface area (Å²) < 4.78 is 27.5. The van der Waals surface area contributed by atoms with Crippen molar-refractivity contribution in [2.75, 3.05) is 6.54 Å². The Kier molecular flexibility index (Phi) is 8.14. The summed E-state index contributed by atoms with van der Waals surface area (Å²) in [6.07, 6.45) is 5.66. The Balaban J connectivity index is 0.00000242. The zero-order valence-corrected chi connectivity index (χ0v) is 14.9. The SMILES string of the molecule is Cl.NCC(NS(=O)(=O)Cc1ccccc1Cl)C1CCCCC1. The van der Waals surface area contributed by atoms with E-state index in [2.05, 4.69) is 4.72 Å². The molecule has 0 amide bonds. The van der Waals surface area contributed by atoms with Gasteiger partial charge in [0.1, 0.15) is 0 Å². The van der Waals surface area contributed by atoms with Gasteiger partial charge >= 0.3 is 0 Å². The maximum absolute atomic E-state index is 12.3. The number of nitrogens with two attached hydrogens (primary N) is 1. The Morgan fingerprint density at radius 3 is 2.45 bits per heavy atom. The van der Waals surface area contributed by atoms with Crippen LogP contribution in [0, 0.1) is 5.92 Å². The second-order valence-corrected chi connectivity index (χ2v) is 7.87. The van der Waals surface area contributed by atoms with Crippen molar-refractivity contribution >= 4 is 34.0 Å². The summed E-state index contributed by atoms with van der Waals surface area (Å²) in [4.78, 5) is 0. The van der Waals surface area contributed by atoms with Crippen LogP contribution in [0.4, 0.5) is 0 Å². The van der Waals surface area contributed by atoms with Crippen molar-refractivity contribution in [1.29, 1.82) is 0 Å². The maximum Gasteiger partial charge on any atom is 0.216 e. The van der Waals surface area contributed by atoms with Crippen LogP contribution in [0.3, 0.4) is 0 Å². The summed E-state index contributed by atoms with van der Waals surface area (Å²) in [5.74, 6) is 0.250. The van der Waals surface area contributed by atoms with Crippen LogP contribution >= 0.6 is 24.0 Å². The van der Waals surface area contributed by atoms with E-state index in [1.165, 1.54) is 6.42 Å². The van der Waals surface area contributed by atoms with E-state index in [0.717, 1.165) is 25.7 Å². The van der Waals surface area contributed by atoms with Gasteiger partial charge in [0.15, 0.2) is 0 Å². The van der Waals surface area contributed by atoms with Crippen LogP contribution in [0.1, 0.15) is 37.7 Å². The average molecular weight is 367 g/mol. The third kappa shape index (κ3) is 5.70. The van der Waals surface area contributed by atoms with E-state index < -0.39 is 10.0 Å². The third-order valence-electron chi connectivity index (χ3n) is 4.11. The molecule has 0 spiro atoms. The first-order valence-corrected chi connectivity index (χ1v) is 9.48. The van der Waals surface area contributed by atoms with Crippen LogP contribution in [0.15, 0.2) is 24.3 Å². The summed E-state index contributed by atoms with van der Waals surface area (Å²) >= 11 is 6.03. The van der Waals surface area contributed by atoms with Crippen molar-refractivity contribution in [2.45, 2.75) is 43.9 Å². The molecule has 22 heavy (non-hydrogen) atoms. The molecule has 0 heterocycles. The van der Waals surface area contributed by atoms with E-state index in [1.807, 2.05) is 0 Å². The molecule has 3 N–H and O–H groups in total. The van der Waals surface area contributed by atoms with Crippen LogP contribution < -0.4 is 10.5 Å². The van der Waals surface area contributed by atoms with Crippen molar-refractivity contribution in [3.63, 3.8) is 0 Å². The first kappa shape index (κ1) is 19.7. The van der Waals surface area contributed by atoms with Gasteiger partial charge in [-0.1, -0.05) is 49.1 Å². The van der Waals surface area contributed by atoms with Gasteiger partial charge < -0.3 is 5.73 Å². The summed E-state index contributed by atoms with van der Waals surface area (Å²) in [6.45, 7) is 0.340. The summed E-state index contributed by atoms with van der Waals surface area (Å²) in [6, 6.07) is 6.85. The van der Waals surface area contributed by atoms with Gasteiger partial charge in [-0.3, -0.25) is 0 Å². The van der Waals surface area contributed by atoms with Crippen molar-refractivity contribution in [2.24, 2.45) is 11.7 Å². The quantitative estimate of drug-likeness (QED) is 0.812. The van der Waals surface area contributed by atoms with E-state index in [4.69, 9.17) is 17.3 Å². The zero-order chi connectivity index (χ0) is 15.3. The van der Waals surface area contributed by atoms with Gasteiger partial charge in [-0.25, -0.2) is 13.1 Å². The highest BCUT2D eigenvalue weighted by atomic mass is 35.5. The molecule has 0 saturated heterocycles. The first-order valence-electron chi connectivity index (χ1n) is 7.45. The van der Waals surface area contributed by atoms with Gasteiger partial charge in [0.05, 0.1) is 5.75 Å². The van der Waals surface area contributed by atoms with E-state index in [0.29, 0.717) is 23.0 Å². The largest absolute Gasteiger partial charge is 0.329 e. The third-order valence-corrected chi connectivity index (χ3v) is 5.83. The lowest BCUT2D eigenvalue weighted by Gasteiger charge is -2.29. The topological polar surface area (TPSA) is 72.2 Å². The van der Waals surface area contributed by atoms with Gasteiger partial charge in [0.2, 0.25) is 10.0 Å². The van der Waals surface area contributed by atoms with E-state index in [9.17, 15) is 8.42 Å². The van der Waals surface area contributed by atoms with Crippen molar-refractivity contribution in [1.82, 2.24) is 4.72 Å². The lowest BCUT2D eigenvalue weighted by molar-refractivity contribution is 0.294. The minimum atomic E-state index is -3.43. The van der Waals surface area contributed by atoms with E-state index >= 15 is 0 Å². The van der Waals surface area contributed by atoms with Crippen LogP contribution in [-0.2, 0) is 15.8 Å². The van der Waals surface area contributed by atoms with Gasteiger partial charge in [0.25, 0.3) is 0 Å². The second kappa shape index (κ2) is 9.08. The first-order chi connectivity index (χ1) is 10.0. The molecule has 1 fully saturated rings. The molecule has 1 aromatic carbocycles. The number of hydrogen-bond acceptors (Lipinski definition) is 3. The number of benzene rings is 1. The molecule has 4 nitrogen and oxygen atoms in total. The lowest BCUT2D eigenvalue weighted by Crippen LogP contribution is -2.46. The highest BCUT2D eigenvalue weighted by molar-refractivity contribution is 7.88. The fourth-order valence-electron chi connectivity index (χ4n) is 2.97. The van der Waals surface area contributed by atoms with Crippen molar-refractivity contribution in [3.05, 3.63) is 34.9 Å². The fraction of sp³-hybridized carbons (Fsp3) is 0.600. The average Bonchev–Trinajstić information content (AvgIpc) is 2.48. The Hall–Kier alpha value is -0.330. The van der Waals surface area contributed by atoms with E-state index in [1.54, 1.807) is 24.3 Å². The Morgan fingerprint density at radius 2 is 1.86 bits per heavy atom. The van der Waals surface area contributed by atoms with Crippen molar-refractivity contribution in [3.8, 4) is 0 Å². The molecule has 1 aliphatic carbocycles. The lowest BCUT2D eigenvalue weighted by atomic mass is 9.84. The molecule has 1 aliphatic rings. The Labute approximate surface area is 144 Å². The molecule has 2 rings (SSSR count). The highest BCUT2D eigenvalue weighted by Gasteiger charge is 2.26. The second-order valence-electron chi connectivity index (χ2n) is 5.71. The molecule has 126 valence electrons. The molecule has 0 aromatic heterocycles. The molecule has 0 radical (unpaired) electrons. The molecule has 7 heteroatoms. The minimum absolute atomic E-state index is 0. The number of rotatable bonds is 6. The van der Waals surface area contributed by atoms with Crippen LogP contribution in [0.2, 0.25) is 5.02 Å². The zero-order valence-electron chi connectivity index (χ0n) is 12.5. The molecule has 1 aromatic rings. The van der Waals surface area contributed by atoms with Crippen LogP contribution in [0.25, 0.3) is 0 Å². The fourth-order valence-corrected chi connectivity index (χ4v) is 4.74. The summed E-state index contributed by atoms with van der Waals surface area (Å²) in [5.41, 5.74) is 6.40. The molecule has 0 aliphatic heterocycles. The molecular weight excluding hydrogens is 343 g/mol. The Bertz CT molecular complexity index is 560. The molecule has 1 unspecified atom stereocenters. The Morgan fingerprint density at radius 1 is 1.23 bits per heavy atom. The highest BCUT2D eigenvalue weighted by Crippen LogP contribution is 2.27. The molecule has 0 bridgehead atoms. The molecular formula is C15H24Cl2N2O2S. The van der Waals surface area contributed by atoms with Crippen LogP contribution in [-0.4, -0.2) is 21.0 Å². The predicted molar refractivity (Wildman–Crippen MR) is 93.9 cm³/mol. The normalized spacial score (nSPS) is 17.7. The standard InChI is InChI=1S/C15H23ClN2O2S.ClH/c16-14-9-5-4-8-13(14)11-21(19,20)18-15(10-17)12-6-2-1-3-7-12;/h4-5,8-9,12,15,18H,1-3,6-7,10-11,17H2;1H. The van der Waals surface area contributed by atoms with Gasteiger partial charge in [-0.2, -0.15) is 0 Å². The monoisotopic (exact) mass is 366 g/mol. The van der Waals surface area contributed by atoms with Gasteiger partial charge in [-0.15, -0.1) is 12.4 Å². The summed E-state index contributed by atoms with van der Waals surface area (Å²) in [5, 5.41) is 0.477. The number of sulfonamides is 1. The van der Waals surface area contributed by atoms with Crippen LogP contribution in [0.5, 0.6) is 0 Å². The van der Waals surface area contributed by atoms with Gasteiger partial charge in [-0.05, 0) is 30.4 Å². The van der Waals surface area contributed by atoms with Crippen molar-refractivity contribution < 1.29 is 8.42 Å². The predicted octanol–water partition coefficient (Wildman–Crippen LogP) is 3.09. The molecule has 1 saturated carbocycles. The summed E-state index contributed by atoms with van der Waals surface area (Å²) in [7, 11) is -3.43. The number of halogens is 2. The smallest absolute Gasteiger partial charge is 0.216 e. The van der Waals surface area contributed by atoms with E-state index in [-0.39, 0.29) is 24.2 Å². The molecule has 1 atom stereocenters. The number of nitrogens with one attached hydrogen (secondary N) is 1. The van der Waals surface area contributed by atoms with Gasteiger partial charge in [0, 0.05) is 17.6 Å². The minimum Gasteiger partial charge on any atom is -0.329 e. The number of hydrogen-bond donors (Lipinski definition) is 2.